The monoisotopic (exact) mass is 261 g/mol. The van der Waals surface area contributed by atoms with Crippen LogP contribution < -0.4 is 5.32 Å². The summed E-state index contributed by atoms with van der Waals surface area (Å²) >= 11 is 0. The highest BCUT2D eigenvalue weighted by Crippen LogP contribution is 2.22. The van der Waals surface area contributed by atoms with E-state index in [1.54, 1.807) is 0 Å². The summed E-state index contributed by atoms with van der Waals surface area (Å²) in [6.45, 7) is 10.7. The molecule has 0 bridgehead atoms. The molecule has 0 heterocycles. The maximum atomic E-state index is 11.7. The third-order valence-electron chi connectivity index (χ3n) is 3.48. The quantitative estimate of drug-likeness (QED) is 0.857. The Morgan fingerprint density at radius 1 is 1.21 bits per heavy atom. The molecule has 0 spiro atoms. The van der Waals surface area contributed by atoms with Crippen molar-refractivity contribution in [2.45, 2.75) is 65.3 Å². The highest BCUT2D eigenvalue weighted by atomic mass is 16.1. The molecular formula is C17H27NO. The summed E-state index contributed by atoms with van der Waals surface area (Å²) in [6.07, 6.45) is 2.36. The van der Waals surface area contributed by atoms with Gasteiger partial charge in [-0.05, 0) is 36.3 Å². The molecule has 1 aromatic carbocycles. The molecule has 0 fully saturated rings. The molecular weight excluding hydrogens is 234 g/mol. The third kappa shape index (κ3) is 5.46. The Balaban J connectivity index is 2.48. The Bertz CT molecular complexity index is 400. The zero-order valence-corrected chi connectivity index (χ0v) is 12.9. The number of carbonyl (C=O) groups excluding carboxylic acids is 1. The van der Waals surface area contributed by atoms with Gasteiger partial charge in [0.15, 0.2) is 0 Å². The Hall–Kier alpha value is -1.31. The highest BCUT2D eigenvalue weighted by Gasteiger charge is 2.13. The van der Waals surface area contributed by atoms with E-state index < -0.39 is 0 Å². The molecule has 19 heavy (non-hydrogen) atoms. The fourth-order valence-corrected chi connectivity index (χ4v) is 1.88. The molecule has 106 valence electrons. The van der Waals surface area contributed by atoms with E-state index in [1.807, 2.05) is 6.92 Å². The molecule has 0 aliphatic rings. The minimum atomic E-state index is 0.147. The summed E-state index contributed by atoms with van der Waals surface area (Å²) in [4.78, 5) is 11.7. The Morgan fingerprint density at radius 2 is 1.79 bits per heavy atom. The number of hydrogen-bond donors (Lipinski definition) is 1. The second-order valence-electron chi connectivity index (χ2n) is 6.32. The maximum absolute atomic E-state index is 11.7. The average Bonchev–Trinajstić information content (AvgIpc) is 2.35. The number of amides is 1. The predicted octanol–water partition coefficient (Wildman–Crippen LogP) is 3.83. The first kappa shape index (κ1) is 15.7. The summed E-state index contributed by atoms with van der Waals surface area (Å²) in [5.41, 5.74) is 2.75. The molecule has 0 saturated heterocycles. The van der Waals surface area contributed by atoms with Crippen molar-refractivity contribution in [2.75, 3.05) is 0 Å². The van der Waals surface area contributed by atoms with E-state index in [0.29, 0.717) is 6.42 Å². The standard InChI is InChI=1S/C17H27NO/c1-6-13(2)18-16(19)12-9-14-7-10-15(11-8-14)17(3,4)5/h7-8,10-11,13H,6,9,12H2,1-5H3,(H,18,19)/t13-/m1/s1. The SMILES string of the molecule is CC[C@@H](C)NC(=O)CCc1ccc(C(C)(C)C)cc1. The lowest BCUT2D eigenvalue weighted by Crippen LogP contribution is -2.32. The summed E-state index contributed by atoms with van der Waals surface area (Å²) in [5, 5.41) is 3.00. The fraction of sp³-hybridized carbons (Fsp3) is 0.588. The molecule has 0 saturated carbocycles. The van der Waals surface area contributed by atoms with Crippen molar-refractivity contribution in [2.24, 2.45) is 0 Å². The number of nitrogens with one attached hydrogen (secondary N) is 1. The van der Waals surface area contributed by atoms with E-state index >= 15 is 0 Å². The molecule has 0 radical (unpaired) electrons. The molecule has 1 N–H and O–H groups in total. The zero-order valence-electron chi connectivity index (χ0n) is 12.9. The largest absolute Gasteiger partial charge is 0.354 e. The second-order valence-corrected chi connectivity index (χ2v) is 6.32. The zero-order chi connectivity index (χ0) is 14.5. The smallest absolute Gasteiger partial charge is 0.220 e. The molecule has 0 aliphatic heterocycles. The number of benzene rings is 1. The van der Waals surface area contributed by atoms with Crippen molar-refractivity contribution in [1.29, 1.82) is 0 Å². The van der Waals surface area contributed by atoms with E-state index in [-0.39, 0.29) is 17.4 Å². The van der Waals surface area contributed by atoms with Crippen LogP contribution in [0.4, 0.5) is 0 Å². The van der Waals surface area contributed by atoms with Crippen LogP contribution in [0.2, 0.25) is 0 Å². The van der Waals surface area contributed by atoms with Gasteiger partial charge in [-0.2, -0.15) is 0 Å². The van der Waals surface area contributed by atoms with E-state index in [1.165, 1.54) is 11.1 Å². The van der Waals surface area contributed by atoms with Crippen LogP contribution in [-0.4, -0.2) is 11.9 Å². The Labute approximate surface area is 117 Å². The summed E-state index contributed by atoms with van der Waals surface area (Å²) in [6, 6.07) is 8.88. The van der Waals surface area contributed by atoms with Crippen LogP contribution in [0.3, 0.4) is 0 Å². The minimum absolute atomic E-state index is 0.147. The molecule has 1 aromatic rings. The van der Waals surface area contributed by atoms with Gasteiger partial charge >= 0.3 is 0 Å². The topological polar surface area (TPSA) is 29.1 Å². The number of aryl methyl sites for hydroxylation is 1. The molecule has 2 heteroatoms. The lowest BCUT2D eigenvalue weighted by Gasteiger charge is -2.19. The molecule has 0 unspecified atom stereocenters. The van der Waals surface area contributed by atoms with Gasteiger partial charge in [-0.15, -0.1) is 0 Å². The molecule has 0 aliphatic carbocycles. The van der Waals surface area contributed by atoms with Crippen LogP contribution >= 0.6 is 0 Å². The first-order valence-electron chi connectivity index (χ1n) is 7.21. The van der Waals surface area contributed by atoms with Gasteiger partial charge in [0.2, 0.25) is 5.91 Å². The maximum Gasteiger partial charge on any atom is 0.220 e. The van der Waals surface area contributed by atoms with Gasteiger partial charge in [0.05, 0.1) is 0 Å². The van der Waals surface area contributed by atoms with Gasteiger partial charge in [-0.1, -0.05) is 52.0 Å². The molecule has 0 aromatic heterocycles. The van der Waals surface area contributed by atoms with Gasteiger partial charge < -0.3 is 5.32 Å². The van der Waals surface area contributed by atoms with E-state index in [0.717, 1.165) is 12.8 Å². The molecule has 1 atom stereocenters. The molecule has 2 nitrogen and oxygen atoms in total. The molecule has 1 rings (SSSR count). The predicted molar refractivity (Wildman–Crippen MR) is 81.4 cm³/mol. The summed E-state index contributed by atoms with van der Waals surface area (Å²) in [7, 11) is 0. The van der Waals surface area contributed by atoms with Gasteiger partial charge in [0.25, 0.3) is 0 Å². The number of carbonyl (C=O) groups is 1. The molecule has 1 amide bonds. The van der Waals surface area contributed by atoms with Crippen LogP contribution in [0.25, 0.3) is 0 Å². The van der Waals surface area contributed by atoms with Crippen molar-refractivity contribution in [3.05, 3.63) is 35.4 Å². The highest BCUT2D eigenvalue weighted by molar-refractivity contribution is 5.76. The van der Waals surface area contributed by atoms with Crippen molar-refractivity contribution < 1.29 is 4.79 Å². The first-order chi connectivity index (χ1) is 8.82. The van der Waals surface area contributed by atoms with E-state index in [4.69, 9.17) is 0 Å². The second kappa shape index (κ2) is 6.74. The minimum Gasteiger partial charge on any atom is -0.354 e. The van der Waals surface area contributed by atoms with E-state index in [2.05, 4.69) is 57.3 Å². The normalized spacial score (nSPS) is 13.1. The summed E-state index contributed by atoms with van der Waals surface area (Å²) < 4.78 is 0. The van der Waals surface area contributed by atoms with Gasteiger partial charge in [-0.25, -0.2) is 0 Å². The Kier molecular flexibility index (Phi) is 5.59. The fourth-order valence-electron chi connectivity index (χ4n) is 1.88. The van der Waals surface area contributed by atoms with Crippen LogP contribution in [0.15, 0.2) is 24.3 Å². The van der Waals surface area contributed by atoms with Crippen molar-refractivity contribution >= 4 is 5.91 Å². The van der Waals surface area contributed by atoms with Crippen molar-refractivity contribution in [1.82, 2.24) is 5.32 Å². The van der Waals surface area contributed by atoms with Crippen LogP contribution in [0.5, 0.6) is 0 Å². The van der Waals surface area contributed by atoms with Gasteiger partial charge in [0, 0.05) is 12.5 Å². The van der Waals surface area contributed by atoms with E-state index in [9.17, 15) is 4.79 Å². The Morgan fingerprint density at radius 3 is 2.26 bits per heavy atom. The van der Waals surface area contributed by atoms with Gasteiger partial charge in [0.1, 0.15) is 0 Å². The van der Waals surface area contributed by atoms with Crippen LogP contribution in [0, 0.1) is 0 Å². The van der Waals surface area contributed by atoms with Crippen molar-refractivity contribution in [3.8, 4) is 0 Å². The number of rotatable bonds is 5. The van der Waals surface area contributed by atoms with Crippen LogP contribution in [0.1, 0.15) is 58.6 Å². The lowest BCUT2D eigenvalue weighted by atomic mass is 9.86. The summed E-state index contributed by atoms with van der Waals surface area (Å²) in [5.74, 6) is 0.147. The lowest BCUT2D eigenvalue weighted by molar-refractivity contribution is -0.121. The van der Waals surface area contributed by atoms with Crippen LogP contribution in [-0.2, 0) is 16.6 Å². The van der Waals surface area contributed by atoms with Crippen molar-refractivity contribution in [3.63, 3.8) is 0 Å². The third-order valence-corrected chi connectivity index (χ3v) is 3.48. The average molecular weight is 261 g/mol. The number of hydrogen-bond acceptors (Lipinski definition) is 1. The van der Waals surface area contributed by atoms with Gasteiger partial charge in [-0.3, -0.25) is 4.79 Å². The first-order valence-corrected chi connectivity index (χ1v) is 7.21.